The zero-order valence-corrected chi connectivity index (χ0v) is 25.7. The van der Waals surface area contributed by atoms with Crippen molar-refractivity contribution in [2.45, 2.75) is 63.6 Å². The minimum atomic E-state index is -0.596. The largest absolute Gasteiger partial charge is 0.397 e. The zero-order chi connectivity index (χ0) is 31.4. The first kappa shape index (κ1) is 32.6. The van der Waals surface area contributed by atoms with Crippen LogP contribution in [0.15, 0.2) is 72.8 Å². The van der Waals surface area contributed by atoms with Crippen LogP contribution < -0.4 is 16.4 Å². The van der Waals surface area contributed by atoms with Gasteiger partial charge in [0, 0.05) is 50.1 Å². The minimum Gasteiger partial charge on any atom is -0.397 e. The fourth-order valence-corrected chi connectivity index (χ4v) is 5.66. The molecular weight excluding hydrogens is 572 g/mol. The van der Waals surface area contributed by atoms with Gasteiger partial charge in [0.2, 0.25) is 11.8 Å². The van der Waals surface area contributed by atoms with Crippen molar-refractivity contribution < 1.29 is 28.9 Å². The third-order valence-corrected chi connectivity index (χ3v) is 8.17. The molecule has 3 aromatic rings. The van der Waals surface area contributed by atoms with Crippen molar-refractivity contribution in [1.29, 1.82) is 0 Å². The molecule has 0 aromatic heterocycles. The van der Waals surface area contributed by atoms with Gasteiger partial charge in [0.1, 0.15) is 0 Å². The van der Waals surface area contributed by atoms with Gasteiger partial charge in [0.15, 0.2) is 6.29 Å². The van der Waals surface area contributed by atoms with Crippen molar-refractivity contribution in [2.24, 2.45) is 0 Å². The van der Waals surface area contributed by atoms with Crippen molar-refractivity contribution in [1.82, 2.24) is 4.90 Å². The number of nitrogens with two attached hydrogens (primary N) is 1. The number of nitrogens with one attached hydrogen (secondary N) is 2. The first-order valence-corrected chi connectivity index (χ1v) is 15.8. The Labute approximate surface area is 264 Å². The maximum atomic E-state index is 12.7. The summed E-state index contributed by atoms with van der Waals surface area (Å²) in [6.45, 7) is 3.97. The summed E-state index contributed by atoms with van der Waals surface area (Å²) in [7, 11) is 0. The van der Waals surface area contributed by atoms with E-state index in [4.69, 9.17) is 19.9 Å². The molecule has 45 heavy (non-hydrogen) atoms. The Kier molecular flexibility index (Phi) is 11.9. The molecule has 2 amide bonds. The molecule has 0 bridgehead atoms. The Morgan fingerprint density at radius 1 is 0.844 bits per heavy atom. The van der Waals surface area contributed by atoms with Crippen LogP contribution >= 0.6 is 0 Å². The summed E-state index contributed by atoms with van der Waals surface area (Å²) in [5.74, 6) is -0.163. The van der Waals surface area contributed by atoms with Gasteiger partial charge in [-0.1, -0.05) is 55.0 Å². The molecule has 2 fully saturated rings. The van der Waals surface area contributed by atoms with Crippen molar-refractivity contribution in [3.05, 3.63) is 89.5 Å². The molecule has 10 heteroatoms. The highest BCUT2D eigenvalue weighted by Gasteiger charge is 2.33. The van der Waals surface area contributed by atoms with Crippen molar-refractivity contribution in [2.75, 3.05) is 49.2 Å². The molecule has 0 aliphatic carbocycles. The molecule has 240 valence electrons. The van der Waals surface area contributed by atoms with Gasteiger partial charge in [-0.3, -0.25) is 14.5 Å². The fraction of sp³-hybridized carbons (Fsp3) is 0.429. The fourth-order valence-electron chi connectivity index (χ4n) is 5.66. The second-order valence-electron chi connectivity index (χ2n) is 11.6. The highest BCUT2D eigenvalue weighted by molar-refractivity contribution is 5.93. The molecule has 2 saturated heterocycles. The summed E-state index contributed by atoms with van der Waals surface area (Å²) in [6, 6.07) is 22.7. The van der Waals surface area contributed by atoms with Gasteiger partial charge in [-0.05, 0) is 48.2 Å². The number of para-hydroxylation sites is 2. The Balaban J connectivity index is 1.13. The Morgan fingerprint density at radius 3 is 2.31 bits per heavy atom. The lowest BCUT2D eigenvalue weighted by atomic mass is 9.99. The monoisotopic (exact) mass is 616 g/mol. The van der Waals surface area contributed by atoms with E-state index in [1.807, 2.05) is 60.7 Å². The van der Waals surface area contributed by atoms with E-state index in [2.05, 4.69) is 15.5 Å². The van der Waals surface area contributed by atoms with Gasteiger partial charge in [-0.15, -0.1) is 0 Å². The van der Waals surface area contributed by atoms with Crippen LogP contribution in [-0.4, -0.2) is 60.8 Å². The lowest BCUT2D eigenvalue weighted by Crippen LogP contribution is -2.44. The lowest BCUT2D eigenvalue weighted by Gasteiger charge is -2.39. The topological polar surface area (TPSA) is 135 Å². The molecule has 0 saturated carbocycles. The van der Waals surface area contributed by atoms with Crippen LogP contribution in [0, 0.1) is 0 Å². The number of anilines is 3. The van der Waals surface area contributed by atoms with Crippen molar-refractivity contribution in [3.63, 3.8) is 0 Å². The van der Waals surface area contributed by atoms with Crippen LogP contribution in [0.25, 0.3) is 0 Å². The summed E-state index contributed by atoms with van der Waals surface area (Å²) in [4.78, 5) is 27.3. The molecule has 0 unspecified atom stereocenters. The van der Waals surface area contributed by atoms with Crippen molar-refractivity contribution in [3.8, 4) is 0 Å². The van der Waals surface area contributed by atoms with Crippen LogP contribution in [0.1, 0.15) is 67.6 Å². The zero-order valence-electron chi connectivity index (χ0n) is 25.7. The van der Waals surface area contributed by atoms with Crippen molar-refractivity contribution >= 4 is 28.9 Å². The van der Waals surface area contributed by atoms with Crippen LogP contribution in [0.5, 0.6) is 0 Å². The van der Waals surface area contributed by atoms with E-state index in [9.17, 15) is 14.7 Å². The molecule has 2 aliphatic heterocycles. The van der Waals surface area contributed by atoms with E-state index in [0.29, 0.717) is 49.2 Å². The number of rotatable bonds is 13. The van der Waals surface area contributed by atoms with Gasteiger partial charge in [-0.2, -0.15) is 0 Å². The first-order valence-electron chi connectivity index (χ1n) is 15.8. The number of benzene rings is 3. The summed E-state index contributed by atoms with van der Waals surface area (Å²) >= 11 is 0. The molecule has 5 N–H and O–H groups in total. The summed E-state index contributed by atoms with van der Waals surface area (Å²) in [5, 5.41) is 15.3. The number of aliphatic hydroxyl groups excluding tert-OH is 1. The number of nitrogen functional groups attached to an aromatic ring is 1. The lowest BCUT2D eigenvalue weighted by molar-refractivity contribution is -0.253. The second-order valence-corrected chi connectivity index (χ2v) is 11.6. The predicted octanol–water partition coefficient (Wildman–Crippen LogP) is 5.17. The third kappa shape index (κ3) is 9.84. The number of aliphatic hydroxyl groups is 1. The standard InChI is InChI=1S/C35H44N4O6/c36-30-9-4-5-10-31(30)38-34(42)12-3-1-2-11-33(41)37-28-8-6-7-27(21-28)35-44-29(23-39-17-19-43-20-18-39)22-32(45-35)26-15-13-25(24-40)14-16-26/h4-10,13-16,21,29,32,35,40H,1-3,11-12,17-20,22-24,36H2,(H,37,41)(H,38,42)/t29-,32+,35+/m0/s1. The predicted molar refractivity (Wildman–Crippen MR) is 173 cm³/mol. The quantitative estimate of drug-likeness (QED) is 0.153. The van der Waals surface area contributed by atoms with Crippen LogP contribution in [-0.2, 0) is 30.4 Å². The molecule has 3 aromatic carbocycles. The molecular formula is C35H44N4O6. The maximum Gasteiger partial charge on any atom is 0.224 e. The van der Waals surface area contributed by atoms with Crippen LogP contribution in [0.4, 0.5) is 17.1 Å². The number of amides is 2. The Hall–Kier alpha value is -3.80. The summed E-state index contributed by atoms with van der Waals surface area (Å²) in [6.07, 6.45) is 2.77. The number of unbranched alkanes of at least 4 members (excludes halogenated alkanes) is 2. The average Bonchev–Trinajstić information content (AvgIpc) is 3.06. The number of hydrogen-bond donors (Lipinski definition) is 4. The van der Waals surface area contributed by atoms with E-state index in [0.717, 1.165) is 56.0 Å². The SMILES string of the molecule is Nc1ccccc1NC(=O)CCCCCC(=O)Nc1cccc([C@@H]2O[C@H](CN3CCOCC3)C[C@H](c3ccc(CO)cc3)O2)c1. The van der Waals surface area contributed by atoms with Gasteiger partial charge in [0.25, 0.3) is 0 Å². The molecule has 0 radical (unpaired) electrons. The number of nitrogens with zero attached hydrogens (tertiary/aromatic N) is 1. The molecule has 5 rings (SSSR count). The number of morpholine rings is 1. The second kappa shape index (κ2) is 16.5. The maximum absolute atomic E-state index is 12.7. The van der Waals surface area contributed by atoms with Gasteiger partial charge in [0.05, 0.1) is 43.4 Å². The number of carbonyl (C=O) groups excluding carboxylic acids is 2. The molecule has 10 nitrogen and oxygen atoms in total. The first-order chi connectivity index (χ1) is 22.0. The average molecular weight is 617 g/mol. The highest BCUT2D eigenvalue weighted by atomic mass is 16.7. The van der Waals surface area contributed by atoms with Gasteiger partial charge < -0.3 is 35.7 Å². The van der Waals surface area contributed by atoms with Gasteiger partial charge >= 0.3 is 0 Å². The number of hydrogen-bond acceptors (Lipinski definition) is 8. The number of ether oxygens (including phenoxy) is 3. The van der Waals surface area contributed by atoms with Gasteiger partial charge in [-0.25, -0.2) is 0 Å². The number of carbonyl (C=O) groups is 2. The van der Waals surface area contributed by atoms with E-state index >= 15 is 0 Å². The Morgan fingerprint density at radius 2 is 1.58 bits per heavy atom. The van der Waals surface area contributed by atoms with Crippen LogP contribution in [0.3, 0.4) is 0 Å². The van der Waals surface area contributed by atoms with E-state index in [1.165, 1.54) is 0 Å². The Bertz CT molecular complexity index is 1390. The summed E-state index contributed by atoms with van der Waals surface area (Å²) in [5.41, 5.74) is 10.5. The van der Waals surface area contributed by atoms with E-state index < -0.39 is 6.29 Å². The normalized spacial score (nSPS) is 20.4. The third-order valence-electron chi connectivity index (χ3n) is 8.17. The van der Waals surface area contributed by atoms with E-state index in [1.54, 1.807) is 12.1 Å². The molecule has 3 atom stereocenters. The molecule has 0 spiro atoms. The van der Waals surface area contributed by atoms with E-state index in [-0.39, 0.29) is 30.6 Å². The minimum absolute atomic E-state index is 0.00243. The van der Waals surface area contributed by atoms with Crippen LogP contribution in [0.2, 0.25) is 0 Å². The molecule has 2 aliphatic rings. The smallest absolute Gasteiger partial charge is 0.224 e. The summed E-state index contributed by atoms with van der Waals surface area (Å²) < 4.78 is 18.5. The highest BCUT2D eigenvalue weighted by Crippen LogP contribution is 2.38. The molecule has 2 heterocycles.